The van der Waals surface area contributed by atoms with Gasteiger partial charge in [-0.25, -0.2) is 0 Å². The SMILES string of the molecule is [CH2]C(F)(F)C(=O)/C=C(\C)CC/C=C(\C)CCC=C(C)C. The van der Waals surface area contributed by atoms with Crippen molar-refractivity contribution >= 4 is 5.78 Å². The van der Waals surface area contributed by atoms with Gasteiger partial charge in [0.2, 0.25) is 5.78 Å². The Kier molecular flexibility index (Phi) is 8.28. The van der Waals surface area contributed by atoms with Crippen LogP contribution in [0.5, 0.6) is 0 Å². The average molecular weight is 283 g/mol. The monoisotopic (exact) mass is 283 g/mol. The van der Waals surface area contributed by atoms with Crippen LogP contribution in [0.4, 0.5) is 8.78 Å². The third-order valence-corrected chi connectivity index (χ3v) is 2.86. The van der Waals surface area contributed by atoms with Crippen LogP contribution in [0.3, 0.4) is 0 Å². The van der Waals surface area contributed by atoms with Crippen LogP contribution in [0.1, 0.15) is 53.4 Å². The zero-order valence-corrected chi connectivity index (χ0v) is 12.9. The summed E-state index contributed by atoms with van der Waals surface area (Å²) in [5.41, 5.74) is 3.25. The molecule has 1 radical (unpaired) electrons. The molecule has 0 spiro atoms. The molecule has 0 fully saturated rings. The molecule has 0 bridgehead atoms. The molecule has 0 aliphatic carbocycles. The van der Waals surface area contributed by atoms with Gasteiger partial charge in [0.1, 0.15) is 0 Å². The van der Waals surface area contributed by atoms with E-state index in [9.17, 15) is 13.6 Å². The van der Waals surface area contributed by atoms with E-state index in [1.807, 2.05) is 0 Å². The molecule has 0 aromatic rings. The maximum Gasteiger partial charge on any atom is 0.309 e. The Bertz CT molecular complexity index is 405. The second kappa shape index (κ2) is 8.83. The quantitative estimate of drug-likeness (QED) is 0.428. The molecule has 0 saturated carbocycles. The van der Waals surface area contributed by atoms with Crippen molar-refractivity contribution < 1.29 is 13.6 Å². The van der Waals surface area contributed by atoms with E-state index in [0.29, 0.717) is 12.0 Å². The summed E-state index contributed by atoms with van der Waals surface area (Å²) in [7, 11) is 0. The van der Waals surface area contributed by atoms with E-state index in [1.54, 1.807) is 6.92 Å². The van der Waals surface area contributed by atoms with Crippen LogP contribution >= 0.6 is 0 Å². The van der Waals surface area contributed by atoms with E-state index in [4.69, 9.17) is 0 Å². The van der Waals surface area contributed by atoms with E-state index in [2.05, 4.69) is 39.8 Å². The summed E-state index contributed by atoms with van der Waals surface area (Å²) in [5.74, 6) is -4.74. The van der Waals surface area contributed by atoms with Crippen LogP contribution in [0, 0.1) is 6.92 Å². The number of ketones is 1. The zero-order chi connectivity index (χ0) is 15.8. The second-order valence-corrected chi connectivity index (χ2v) is 5.47. The predicted molar refractivity (Wildman–Crippen MR) is 80.7 cm³/mol. The van der Waals surface area contributed by atoms with Crippen molar-refractivity contribution in [2.75, 3.05) is 0 Å². The summed E-state index contributed by atoms with van der Waals surface area (Å²) in [6.45, 7) is 10.4. The molecule has 0 saturated heterocycles. The van der Waals surface area contributed by atoms with Gasteiger partial charge >= 0.3 is 5.92 Å². The zero-order valence-electron chi connectivity index (χ0n) is 12.9. The minimum absolute atomic E-state index is 0.613. The van der Waals surface area contributed by atoms with Crippen molar-refractivity contribution in [3.8, 4) is 0 Å². The number of rotatable bonds is 8. The summed E-state index contributed by atoms with van der Waals surface area (Å²) in [6, 6.07) is 0. The lowest BCUT2D eigenvalue weighted by molar-refractivity contribution is -0.132. The molecular weight excluding hydrogens is 258 g/mol. The Labute approximate surface area is 121 Å². The van der Waals surface area contributed by atoms with Gasteiger partial charge in [-0.1, -0.05) is 28.9 Å². The fourth-order valence-electron chi connectivity index (χ4n) is 1.64. The van der Waals surface area contributed by atoms with Crippen LogP contribution in [0.15, 0.2) is 34.9 Å². The largest absolute Gasteiger partial charge is 0.309 e. The molecule has 0 heterocycles. The molecule has 0 N–H and O–H groups in total. The molecule has 0 amide bonds. The van der Waals surface area contributed by atoms with Gasteiger partial charge in [0.25, 0.3) is 0 Å². The Balaban J connectivity index is 4.19. The number of hydrogen-bond donors (Lipinski definition) is 0. The van der Waals surface area contributed by atoms with Crippen LogP contribution in [0.25, 0.3) is 0 Å². The van der Waals surface area contributed by atoms with Crippen molar-refractivity contribution in [2.24, 2.45) is 0 Å². The Morgan fingerprint density at radius 3 is 2.00 bits per heavy atom. The topological polar surface area (TPSA) is 17.1 Å². The summed E-state index contributed by atoms with van der Waals surface area (Å²) in [5, 5.41) is 0. The predicted octanol–water partition coefficient (Wildman–Crippen LogP) is 5.44. The lowest BCUT2D eigenvalue weighted by Gasteiger charge is -2.06. The molecule has 0 aromatic heterocycles. The molecule has 0 unspecified atom stereocenters. The normalized spacial score (nSPS) is 13.3. The molecule has 1 nitrogen and oxygen atoms in total. The molecule has 0 aromatic carbocycles. The molecular formula is C17H25F2O. The van der Waals surface area contributed by atoms with E-state index < -0.39 is 11.7 Å². The number of carbonyl (C=O) groups is 1. The summed E-state index contributed by atoms with van der Waals surface area (Å²) in [6.07, 6.45) is 8.69. The average Bonchev–Trinajstić information content (AvgIpc) is 2.26. The first-order valence-corrected chi connectivity index (χ1v) is 6.86. The van der Waals surface area contributed by atoms with Gasteiger partial charge in [-0.15, -0.1) is 0 Å². The van der Waals surface area contributed by atoms with Crippen molar-refractivity contribution in [3.63, 3.8) is 0 Å². The number of alkyl halides is 2. The van der Waals surface area contributed by atoms with Crippen LogP contribution in [-0.4, -0.2) is 11.7 Å². The third-order valence-electron chi connectivity index (χ3n) is 2.86. The minimum atomic E-state index is -3.52. The van der Waals surface area contributed by atoms with E-state index in [1.165, 1.54) is 11.1 Å². The molecule has 0 atom stereocenters. The van der Waals surface area contributed by atoms with Gasteiger partial charge in [0.15, 0.2) is 0 Å². The van der Waals surface area contributed by atoms with Crippen molar-refractivity contribution in [1.29, 1.82) is 0 Å². The Morgan fingerprint density at radius 2 is 1.50 bits per heavy atom. The molecule has 0 aliphatic rings. The Hall–Kier alpha value is -1.25. The fourth-order valence-corrected chi connectivity index (χ4v) is 1.64. The Morgan fingerprint density at radius 1 is 1.00 bits per heavy atom. The maximum atomic E-state index is 12.6. The molecule has 20 heavy (non-hydrogen) atoms. The third kappa shape index (κ3) is 9.65. The smallest absolute Gasteiger partial charge is 0.288 e. The molecule has 3 heteroatoms. The number of halogens is 2. The first-order valence-electron chi connectivity index (χ1n) is 6.86. The van der Waals surface area contributed by atoms with Crippen LogP contribution in [-0.2, 0) is 4.79 Å². The highest BCUT2D eigenvalue weighted by Crippen LogP contribution is 2.16. The standard InChI is InChI=1S/C17H25F2O/c1-13(2)8-6-9-14(3)10-7-11-15(4)12-16(20)17(5,18)19/h8,10,12H,5-7,9,11H2,1-4H3/b14-10+,15-12+. The van der Waals surface area contributed by atoms with Crippen molar-refractivity contribution in [1.82, 2.24) is 0 Å². The molecule has 0 aliphatic heterocycles. The fraction of sp³-hybridized carbons (Fsp3) is 0.529. The highest BCUT2D eigenvalue weighted by atomic mass is 19.3. The first-order chi connectivity index (χ1) is 9.12. The van der Waals surface area contributed by atoms with Gasteiger partial charge in [-0.05, 0) is 59.5 Å². The van der Waals surface area contributed by atoms with Gasteiger partial charge in [0, 0.05) is 6.92 Å². The van der Waals surface area contributed by atoms with E-state index >= 15 is 0 Å². The second-order valence-electron chi connectivity index (χ2n) is 5.47. The van der Waals surface area contributed by atoms with E-state index in [-0.39, 0.29) is 0 Å². The van der Waals surface area contributed by atoms with E-state index in [0.717, 1.165) is 25.3 Å². The lowest BCUT2D eigenvalue weighted by Crippen LogP contribution is -2.22. The van der Waals surface area contributed by atoms with Gasteiger partial charge < -0.3 is 0 Å². The molecule has 113 valence electrons. The minimum Gasteiger partial charge on any atom is -0.288 e. The highest BCUT2D eigenvalue weighted by Gasteiger charge is 2.30. The lowest BCUT2D eigenvalue weighted by atomic mass is 10.0. The number of carbonyl (C=O) groups excluding carboxylic acids is 1. The highest BCUT2D eigenvalue weighted by molar-refractivity contribution is 5.96. The summed E-state index contributed by atoms with van der Waals surface area (Å²) in [4.78, 5) is 11.1. The summed E-state index contributed by atoms with van der Waals surface area (Å²) >= 11 is 0. The number of allylic oxidation sites excluding steroid dienone is 6. The van der Waals surface area contributed by atoms with Crippen molar-refractivity contribution in [3.05, 3.63) is 41.9 Å². The van der Waals surface area contributed by atoms with Crippen LogP contribution in [0.2, 0.25) is 0 Å². The number of hydrogen-bond acceptors (Lipinski definition) is 1. The van der Waals surface area contributed by atoms with Gasteiger partial charge in [0.05, 0.1) is 0 Å². The molecule has 0 rings (SSSR count). The maximum absolute atomic E-state index is 12.6. The van der Waals surface area contributed by atoms with Gasteiger partial charge in [-0.3, -0.25) is 4.79 Å². The summed E-state index contributed by atoms with van der Waals surface area (Å²) < 4.78 is 25.2. The van der Waals surface area contributed by atoms with Crippen molar-refractivity contribution in [2.45, 2.75) is 59.3 Å². The van der Waals surface area contributed by atoms with Crippen LogP contribution < -0.4 is 0 Å². The first kappa shape index (κ1) is 18.8. The van der Waals surface area contributed by atoms with Gasteiger partial charge in [-0.2, -0.15) is 8.78 Å².